The zero-order valence-electron chi connectivity index (χ0n) is 14.8. The van der Waals surface area contributed by atoms with Gasteiger partial charge in [0.2, 0.25) is 15.9 Å². The van der Waals surface area contributed by atoms with Crippen LogP contribution in [0.1, 0.15) is 37.7 Å². The molecule has 1 N–H and O–H groups in total. The van der Waals surface area contributed by atoms with Gasteiger partial charge in [0, 0.05) is 32.6 Å². The Morgan fingerprint density at radius 3 is 2.48 bits per heavy atom. The summed E-state index contributed by atoms with van der Waals surface area (Å²) in [5, 5.41) is 1.96. The number of aryl methyl sites for hydroxylation is 1. The lowest BCUT2D eigenvalue weighted by atomic mass is 9.96. The van der Waals surface area contributed by atoms with Crippen molar-refractivity contribution in [2.24, 2.45) is 5.92 Å². The van der Waals surface area contributed by atoms with Crippen LogP contribution < -0.4 is 5.43 Å². The zero-order chi connectivity index (χ0) is 17.9. The molecule has 1 atom stereocenters. The lowest BCUT2D eigenvalue weighted by Gasteiger charge is -2.32. The molecule has 0 bridgehead atoms. The first-order chi connectivity index (χ1) is 11.9. The van der Waals surface area contributed by atoms with Gasteiger partial charge in [-0.05, 0) is 50.7 Å². The van der Waals surface area contributed by atoms with Crippen molar-refractivity contribution < 1.29 is 13.2 Å². The molecule has 2 aliphatic heterocycles. The van der Waals surface area contributed by atoms with Gasteiger partial charge in [0.05, 0.1) is 4.90 Å². The quantitative estimate of drug-likeness (QED) is 0.865. The molecule has 2 fully saturated rings. The SMILES string of the molecule is Cc1ccc(S(=O)(=O)N2CCCC(CC(=O)NN3CCCC3)C2)cc1. The van der Waals surface area contributed by atoms with Crippen molar-refractivity contribution in [1.29, 1.82) is 0 Å². The summed E-state index contributed by atoms with van der Waals surface area (Å²) in [7, 11) is -3.48. The fourth-order valence-electron chi connectivity index (χ4n) is 3.58. The minimum atomic E-state index is -3.48. The molecule has 1 aromatic carbocycles. The largest absolute Gasteiger partial charge is 0.289 e. The van der Waals surface area contributed by atoms with Crippen LogP contribution in [0.4, 0.5) is 0 Å². The molecule has 2 saturated heterocycles. The molecule has 2 heterocycles. The van der Waals surface area contributed by atoms with Gasteiger partial charge in [0.15, 0.2) is 0 Å². The van der Waals surface area contributed by atoms with Crippen LogP contribution in [-0.4, -0.2) is 49.8 Å². The van der Waals surface area contributed by atoms with Crippen LogP contribution in [0.15, 0.2) is 29.2 Å². The van der Waals surface area contributed by atoms with Gasteiger partial charge in [-0.3, -0.25) is 10.2 Å². The van der Waals surface area contributed by atoms with Crippen LogP contribution >= 0.6 is 0 Å². The highest BCUT2D eigenvalue weighted by Gasteiger charge is 2.31. The molecule has 3 rings (SSSR count). The van der Waals surface area contributed by atoms with Gasteiger partial charge < -0.3 is 0 Å². The van der Waals surface area contributed by atoms with E-state index in [2.05, 4.69) is 5.43 Å². The molecule has 0 saturated carbocycles. The van der Waals surface area contributed by atoms with Crippen LogP contribution in [0.5, 0.6) is 0 Å². The molecule has 1 aromatic rings. The van der Waals surface area contributed by atoms with E-state index >= 15 is 0 Å². The van der Waals surface area contributed by atoms with Gasteiger partial charge in [0.25, 0.3) is 0 Å². The smallest absolute Gasteiger partial charge is 0.243 e. The molecule has 0 aliphatic carbocycles. The van der Waals surface area contributed by atoms with Gasteiger partial charge in [-0.15, -0.1) is 0 Å². The third-order valence-corrected chi connectivity index (χ3v) is 6.88. The van der Waals surface area contributed by atoms with Crippen molar-refractivity contribution in [3.63, 3.8) is 0 Å². The Labute approximate surface area is 150 Å². The number of sulfonamides is 1. The summed E-state index contributed by atoms with van der Waals surface area (Å²) in [5.41, 5.74) is 3.98. The summed E-state index contributed by atoms with van der Waals surface area (Å²) < 4.78 is 27.2. The Morgan fingerprint density at radius 1 is 1.12 bits per heavy atom. The number of hydrazine groups is 1. The summed E-state index contributed by atoms with van der Waals surface area (Å²) in [6.45, 7) is 4.70. The van der Waals surface area contributed by atoms with Gasteiger partial charge in [0.1, 0.15) is 0 Å². The van der Waals surface area contributed by atoms with Gasteiger partial charge in [-0.25, -0.2) is 13.4 Å². The van der Waals surface area contributed by atoms with E-state index in [1.165, 1.54) is 4.31 Å². The number of rotatable bonds is 5. The second-order valence-electron chi connectivity index (χ2n) is 7.12. The first-order valence-corrected chi connectivity index (χ1v) is 10.5. The Bertz CT molecular complexity index is 697. The molecule has 7 heteroatoms. The van der Waals surface area contributed by atoms with Gasteiger partial charge in [-0.2, -0.15) is 4.31 Å². The second-order valence-corrected chi connectivity index (χ2v) is 9.06. The number of hydrogen-bond acceptors (Lipinski definition) is 4. The van der Waals surface area contributed by atoms with E-state index in [1.54, 1.807) is 12.1 Å². The molecule has 0 aromatic heterocycles. The van der Waals surface area contributed by atoms with Crippen LogP contribution in [0.2, 0.25) is 0 Å². The number of hydrogen-bond donors (Lipinski definition) is 1. The van der Waals surface area contributed by atoms with Crippen LogP contribution in [0, 0.1) is 12.8 Å². The molecule has 0 radical (unpaired) electrons. The summed E-state index contributed by atoms with van der Waals surface area (Å²) in [4.78, 5) is 12.5. The highest BCUT2D eigenvalue weighted by atomic mass is 32.2. The number of nitrogens with zero attached hydrogens (tertiary/aromatic N) is 2. The van der Waals surface area contributed by atoms with Crippen LogP contribution in [0.3, 0.4) is 0 Å². The molecular formula is C18H27N3O3S. The van der Waals surface area contributed by atoms with E-state index in [4.69, 9.17) is 0 Å². The summed E-state index contributed by atoms with van der Waals surface area (Å²) in [6, 6.07) is 6.96. The van der Waals surface area contributed by atoms with Crippen LogP contribution in [0.25, 0.3) is 0 Å². The molecule has 0 spiro atoms. The van der Waals surface area contributed by atoms with Crippen molar-refractivity contribution in [1.82, 2.24) is 14.7 Å². The average Bonchev–Trinajstić information content (AvgIpc) is 3.08. The molecular weight excluding hydrogens is 338 g/mol. The lowest BCUT2D eigenvalue weighted by molar-refractivity contribution is -0.126. The van der Waals surface area contributed by atoms with Crippen molar-refractivity contribution in [2.75, 3.05) is 26.2 Å². The third kappa shape index (κ3) is 4.59. The maximum atomic E-state index is 12.8. The van der Waals surface area contributed by atoms with E-state index in [0.717, 1.165) is 44.3 Å². The monoisotopic (exact) mass is 365 g/mol. The first-order valence-electron chi connectivity index (χ1n) is 9.06. The molecule has 1 amide bonds. The van der Waals surface area contributed by atoms with Gasteiger partial charge in [-0.1, -0.05) is 17.7 Å². The highest BCUT2D eigenvalue weighted by Crippen LogP contribution is 2.25. The van der Waals surface area contributed by atoms with E-state index in [1.807, 2.05) is 24.1 Å². The van der Waals surface area contributed by atoms with E-state index < -0.39 is 10.0 Å². The maximum absolute atomic E-state index is 12.8. The number of benzene rings is 1. The molecule has 2 aliphatic rings. The number of carbonyl (C=O) groups is 1. The van der Waals surface area contributed by atoms with E-state index in [0.29, 0.717) is 24.4 Å². The fourth-order valence-corrected chi connectivity index (χ4v) is 5.14. The van der Waals surface area contributed by atoms with Crippen molar-refractivity contribution in [2.45, 2.75) is 43.9 Å². The summed E-state index contributed by atoms with van der Waals surface area (Å²) >= 11 is 0. The second kappa shape index (κ2) is 7.85. The Hall–Kier alpha value is -1.44. The Kier molecular flexibility index (Phi) is 5.76. The maximum Gasteiger partial charge on any atom is 0.243 e. The fraction of sp³-hybridized carbons (Fsp3) is 0.611. The zero-order valence-corrected chi connectivity index (χ0v) is 15.6. The molecule has 6 nitrogen and oxygen atoms in total. The predicted octanol–water partition coefficient (Wildman–Crippen LogP) is 1.91. The van der Waals surface area contributed by atoms with Crippen molar-refractivity contribution in [3.05, 3.63) is 29.8 Å². The normalized spacial score (nSPS) is 22.8. The predicted molar refractivity (Wildman–Crippen MR) is 96.2 cm³/mol. The topological polar surface area (TPSA) is 69.7 Å². The minimum Gasteiger partial charge on any atom is -0.289 e. The number of amides is 1. The van der Waals surface area contributed by atoms with E-state index in [-0.39, 0.29) is 11.8 Å². The minimum absolute atomic E-state index is 0.00137. The number of piperidine rings is 1. The molecule has 1 unspecified atom stereocenters. The standard InChI is InChI=1S/C18H27N3O3S/c1-15-6-8-17(9-7-15)25(23,24)21-12-4-5-16(14-21)13-18(22)19-20-10-2-3-11-20/h6-9,16H,2-5,10-14H2,1H3,(H,19,22). The third-order valence-electron chi connectivity index (χ3n) is 5.00. The van der Waals surface area contributed by atoms with Crippen LogP contribution in [-0.2, 0) is 14.8 Å². The summed E-state index contributed by atoms with van der Waals surface area (Å²) in [5.74, 6) is 0.0815. The number of carbonyl (C=O) groups excluding carboxylic acids is 1. The van der Waals surface area contributed by atoms with E-state index in [9.17, 15) is 13.2 Å². The average molecular weight is 365 g/mol. The van der Waals surface area contributed by atoms with Crippen molar-refractivity contribution in [3.8, 4) is 0 Å². The number of nitrogens with one attached hydrogen (secondary N) is 1. The Morgan fingerprint density at radius 2 is 1.80 bits per heavy atom. The first kappa shape index (κ1) is 18.4. The molecule has 25 heavy (non-hydrogen) atoms. The van der Waals surface area contributed by atoms with Gasteiger partial charge >= 0.3 is 0 Å². The van der Waals surface area contributed by atoms with Crippen molar-refractivity contribution >= 4 is 15.9 Å². The summed E-state index contributed by atoms with van der Waals surface area (Å²) in [6.07, 6.45) is 4.31. The lowest BCUT2D eigenvalue weighted by Crippen LogP contribution is -2.44. The highest BCUT2D eigenvalue weighted by molar-refractivity contribution is 7.89. The molecule has 138 valence electrons. The Balaban J connectivity index is 1.60.